The van der Waals surface area contributed by atoms with Crippen LogP contribution >= 0.6 is 35.7 Å². The van der Waals surface area contributed by atoms with Gasteiger partial charge in [0, 0.05) is 34.8 Å². The number of rotatable bonds is 7. The van der Waals surface area contributed by atoms with Crippen molar-refractivity contribution in [1.82, 2.24) is 0 Å². The molecular formula is C24H21NO3S3. The molecule has 158 valence electrons. The molecule has 0 aliphatic carbocycles. The van der Waals surface area contributed by atoms with E-state index in [0.29, 0.717) is 29.2 Å². The van der Waals surface area contributed by atoms with E-state index in [1.54, 1.807) is 18.9 Å². The summed E-state index contributed by atoms with van der Waals surface area (Å²) < 4.78 is 12.3. The second-order valence-electron chi connectivity index (χ2n) is 6.82. The molecule has 0 fully saturated rings. The number of thioether (sulfide) groups is 2. The monoisotopic (exact) mass is 467 g/mol. The predicted octanol–water partition coefficient (Wildman–Crippen LogP) is 6.87. The van der Waals surface area contributed by atoms with Crippen molar-refractivity contribution in [3.8, 4) is 5.75 Å². The van der Waals surface area contributed by atoms with Gasteiger partial charge in [-0.2, -0.15) is 0 Å². The zero-order chi connectivity index (χ0) is 21.6. The second kappa shape index (κ2) is 10.2. The number of amides is 1. The Morgan fingerprint density at radius 2 is 1.77 bits per heavy atom. The zero-order valence-corrected chi connectivity index (χ0v) is 19.4. The first-order chi connectivity index (χ1) is 15.1. The predicted molar refractivity (Wildman–Crippen MR) is 136 cm³/mol. The van der Waals surface area contributed by atoms with Crippen LogP contribution in [0.15, 0.2) is 71.1 Å². The minimum absolute atomic E-state index is 0.0860. The molecular weight excluding hydrogens is 446 g/mol. The Morgan fingerprint density at radius 1 is 1.00 bits per heavy atom. The smallest absolute Gasteiger partial charge is 0.225 e. The number of hydrogen-bond donors (Lipinski definition) is 1. The van der Waals surface area contributed by atoms with E-state index in [-0.39, 0.29) is 5.91 Å². The summed E-state index contributed by atoms with van der Waals surface area (Å²) in [7, 11) is 1.59. The summed E-state index contributed by atoms with van der Waals surface area (Å²) >= 11 is 8.58. The molecule has 0 spiro atoms. The average Bonchev–Trinajstić information content (AvgIpc) is 3.15. The molecule has 3 aromatic carbocycles. The molecule has 0 saturated carbocycles. The van der Waals surface area contributed by atoms with Gasteiger partial charge in [-0.1, -0.05) is 60.7 Å². The van der Waals surface area contributed by atoms with Gasteiger partial charge in [-0.15, -0.1) is 23.5 Å². The van der Waals surface area contributed by atoms with E-state index in [4.69, 9.17) is 21.4 Å². The van der Waals surface area contributed by atoms with Crippen molar-refractivity contribution in [3.63, 3.8) is 0 Å². The van der Waals surface area contributed by atoms with Crippen molar-refractivity contribution in [2.75, 3.05) is 18.2 Å². The van der Waals surface area contributed by atoms with Crippen molar-refractivity contribution in [1.29, 1.82) is 0 Å². The molecule has 31 heavy (non-hydrogen) atoms. The minimum Gasteiger partial charge on any atom is -0.495 e. The molecule has 4 nitrogen and oxygen atoms in total. The van der Waals surface area contributed by atoms with Gasteiger partial charge >= 0.3 is 0 Å². The number of benzene rings is 3. The number of para-hydroxylation sites is 1. The van der Waals surface area contributed by atoms with Crippen molar-refractivity contribution in [2.24, 2.45) is 0 Å². The van der Waals surface area contributed by atoms with Crippen LogP contribution in [0.1, 0.15) is 12.0 Å². The van der Waals surface area contributed by atoms with Crippen molar-refractivity contribution in [3.05, 3.63) is 72.3 Å². The third kappa shape index (κ3) is 5.42. The lowest BCUT2D eigenvalue weighted by Crippen LogP contribution is -2.13. The van der Waals surface area contributed by atoms with Crippen LogP contribution in [0, 0.1) is 0 Å². The fraction of sp³-hybridized carbons (Fsp3) is 0.167. The molecule has 1 amide bonds. The quantitative estimate of drug-likeness (QED) is 0.299. The first-order valence-corrected chi connectivity index (χ1v) is 12.1. The van der Waals surface area contributed by atoms with E-state index in [9.17, 15) is 4.79 Å². The van der Waals surface area contributed by atoms with Gasteiger partial charge in [0.05, 0.1) is 12.8 Å². The molecule has 7 heteroatoms. The molecule has 0 saturated heterocycles. The summed E-state index contributed by atoms with van der Waals surface area (Å²) in [5.74, 6) is 1.99. The van der Waals surface area contributed by atoms with Crippen LogP contribution in [0.2, 0.25) is 0 Å². The highest BCUT2D eigenvalue weighted by molar-refractivity contribution is 8.46. The SMILES string of the molecule is COc1cc2c(cc1NC(=O)CCSC(=S)SCc1ccccc1)oc1ccccc12. The molecule has 0 bridgehead atoms. The van der Waals surface area contributed by atoms with Crippen LogP contribution < -0.4 is 10.1 Å². The van der Waals surface area contributed by atoms with Crippen LogP contribution in [-0.2, 0) is 10.5 Å². The number of anilines is 1. The van der Waals surface area contributed by atoms with E-state index in [0.717, 1.165) is 25.6 Å². The van der Waals surface area contributed by atoms with Gasteiger partial charge in [-0.05, 0) is 17.7 Å². The van der Waals surface area contributed by atoms with Gasteiger partial charge < -0.3 is 14.5 Å². The molecule has 4 rings (SSSR count). The highest BCUT2D eigenvalue weighted by atomic mass is 32.2. The highest BCUT2D eigenvalue weighted by Gasteiger charge is 2.14. The highest BCUT2D eigenvalue weighted by Crippen LogP contribution is 2.36. The number of nitrogens with one attached hydrogen (secondary N) is 1. The number of carbonyl (C=O) groups excluding carboxylic acids is 1. The van der Waals surface area contributed by atoms with E-state index in [1.165, 1.54) is 17.3 Å². The third-order valence-corrected chi connectivity index (χ3v) is 7.49. The van der Waals surface area contributed by atoms with Crippen molar-refractivity contribution in [2.45, 2.75) is 12.2 Å². The first-order valence-electron chi connectivity index (χ1n) is 9.76. The standard InChI is InChI=1S/C24H21NO3S3/c1-27-22-13-18-17-9-5-6-10-20(17)28-21(18)14-19(22)25-23(26)11-12-30-24(29)31-15-16-7-3-2-4-8-16/h2-10,13-14H,11-12,15H2,1H3,(H,25,26). The number of methoxy groups -OCH3 is 1. The Balaban J connectivity index is 1.33. The number of furan rings is 1. The number of fused-ring (bicyclic) bond motifs is 3. The van der Waals surface area contributed by atoms with Gasteiger partial charge in [0.1, 0.15) is 20.4 Å². The second-order valence-corrected chi connectivity index (χ2v) is 10.1. The summed E-state index contributed by atoms with van der Waals surface area (Å²) in [5.41, 5.74) is 3.36. The Bertz CT molecular complexity index is 1220. The van der Waals surface area contributed by atoms with E-state index >= 15 is 0 Å². The van der Waals surface area contributed by atoms with E-state index in [2.05, 4.69) is 17.4 Å². The molecule has 0 atom stereocenters. The summed E-state index contributed by atoms with van der Waals surface area (Å²) in [4.78, 5) is 12.5. The van der Waals surface area contributed by atoms with Crippen molar-refractivity contribution >= 4 is 72.8 Å². The number of carbonyl (C=O) groups is 1. The van der Waals surface area contributed by atoms with Crippen molar-refractivity contribution < 1.29 is 13.9 Å². The van der Waals surface area contributed by atoms with Crippen LogP contribution in [0.5, 0.6) is 5.75 Å². The van der Waals surface area contributed by atoms with Crippen LogP contribution in [0.25, 0.3) is 21.9 Å². The summed E-state index contributed by atoms with van der Waals surface area (Å²) in [5, 5.41) is 4.92. The fourth-order valence-electron chi connectivity index (χ4n) is 3.22. The lowest BCUT2D eigenvalue weighted by Gasteiger charge is -2.10. The van der Waals surface area contributed by atoms with Crippen LogP contribution in [0.4, 0.5) is 5.69 Å². The topological polar surface area (TPSA) is 51.5 Å². The Hall–Kier alpha value is -2.48. The third-order valence-electron chi connectivity index (χ3n) is 4.72. The van der Waals surface area contributed by atoms with E-state index < -0.39 is 0 Å². The fourth-order valence-corrected chi connectivity index (χ4v) is 5.33. The Kier molecular flexibility index (Phi) is 7.17. The Morgan fingerprint density at radius 3 is 2.58 bits per heavy atom. The summed E-state index contributed by atoms with van der Waals surface area (Å²) in [6.07, 6.45) is 0.359. The molecule has 4 aromatic rings. The maximum Gasteiger partial charge on any atom is 0.225 e. The number of thiocarbonyl (C=S) groups is 1. The largest absolute Gasteiger partial charge is 0.495 e. The van der Waals surface area contributed by atoms with Gasteiger partial charge in [0.15, 0.2) is 0 Å². The lowest BCUT2D eigenvalue weighted by atomic mass is 10.1. The minimum atomic E-state index is -0.0860. The molecule has 1 N–H and O–H groups in total. The molecule has 1 aromatic heterocycles. The van der Waals surface area contributed by atoms with Crippen LogP contribution in [-0.4, -0.2) is 22.3 Å². The number of hydrogen-bond acceptors (Lipinski definition) is 6. The lowest BCUT2D eigenvalue weighted by molar-refractivity contribution is -0.115. The molecule has 0 radical (unpaired) electrons. The number of ether oxygens (including phenoxy) is 1. The van der Waals surface area contributed by atoms with E-state index in [1.807, 2.05) is 54.6 Å². The van der Waals surface area contributed by atoms with Gasteiger partial charge in [-0.3, -0.25) is 4.79 Å². The normalized spacial score (nSPS) is 11.0. The maximum atomic E-state index is 12.5. The van der Waals surface area contributed by atoms with Gasteiger partial charge in [-0.25, -0.2) is 0 Å². The first kappa shape index (κ1) is 21.7. The average molecular weight is 468 g/mol. The van der Waals surface area contributed by atoms with Crippen LogP contribution in [0.3, 0.4) is 0 Å². The molecule has 0 aliphatic heterocycles. The summed E-state index contributed by atoms with van der Waals surface area (Å²) in [6, 6.07) is 21.8. The maximum absolute atomic E-state index is 12.5. The van der Waals surface area contributed by atoms with Gasteiger partial charge in [0.2, 0.25) is 5.91 Å². The Labute approximate surface area is 194 Å². The summed E-state index contributed by atoms with van der Waals surface area (Å²) in [6.45, 7) is 0. The molecule has 0 unspecified atom stereocenters. The molecule has 1 heterocycles. The zero-order valence-electron chi connectivity index (χ0n) is 16.9. The van der Waals surface area contributed by atoms with Gasteiger partial charge in [0.25, 0.3) is 0 Å². The molecule has 0 aliphatic rings.